The van der Waals surface area contributed by atoms with Gasteiger partial charge in [0.2, 0.25) is 12.2 Å². The molecule has 0 aromatic heterocycles. The maximum atomic E-state index is 13.9. The second-order valence-corrected chi connectivity index (χ2v) is 11.1. The molecule has 1 amide bonds. The fourth-order valence-electron chi connectivity index (χ4n) is 6.22. The lowest BCUT2D eigenvalue weighted by Crippen LogP contribution is -2.61. The Labute approximate surface area is 243 Å². The van der Waals surface area contributed by atoms with Gasteiger partial charge in [0.25, 0.3) is 0 Å². The van der Waals surface area contributed by atoms with E-state index in [0.717, 1.165) is 18.4 Å². The van der Waals surface area contributed by atoms with E-state index in [0.29, 0.717) is 25.7 Å². The van der Waals surface area contributed by atoms with E-state index in [1.165, 1.54) is 4.90 Å². The van der Waals surface area contributed by atoms with Crippen LogP contribution < -0.4 is 5.32 Å². The lowest BCUT2D eigenvalue weighted by Gasteiger charge is -2.39. The van der Waals surface area contributed by atoms with Gasteiger partial charge in [0.05, 0.1) is 12.6 Å². The SMILES string of the molecule is CCOC(=O)[C@@H](CCc1ccccc1)N[C@H](C)C(=O)N1[C@@H](C(=O)OC2OC(C(=O)O)C(O)C(O)C2O)C[C@H]2CCC[C@H]21. The number of hydrogen-bond donors (Lipinski definition) is 5. The van der Waals surface area contributed by atoms with Gasteiger partial charge in [0.15, 0.2) is 6.10 Å². The van der Waals surface area contributed by atoms with Crippen LogP contribution in [0.1, 0.15) is 51.5 Å². The van der Waals surface area contributed by atoms with E-state index in [-0.39, 0.29) is 18.6 Å². The summed E-state index contributed by atoms with van der Waals surface area (Å²) >= 11 is 0. The second kappa shape index (κ2) is 13.9. The second-order valence-electron chi connectivity index (χ2n) is 11.1. The Kier molecular flexibility index (Phi) is 10.5. The van der Waals surface area contributed by atoms with Crippen molar-refractivity contribution >= 4 is 23.8 Å². The van der Waals surface area contributed by atoms with Crippen LogP contribution in [0.25, 0.3) is 0 Å². The summed E-state index contributed by atoms with van der Waals surface area (Å²) in [6.45, 7) is 3.50. The number of carboxylic acid groups (broad SMARTS) is 1. The number of fused-ring (bicyclic) bond motifs is 1. The highest BCUT2D eigenvalue weighted by Gasteiger charge is 2.53. The summed E-state index contributed by atoms with van der Waals surface area (Å²) in [5.74, 6) is -3.39. The van der Waals surface area contributed by atoms with Gasteiger partial charge in [-0.3, -0.25) is 14.9 Å². The minimum absolute atomic E-state index is 0.0361. The predicted molar refractivity (Wildman–Crippen MR) is 145 cm³/mol. The number of aryl methyl sites for hydroxylation is 1. The number of likely N-dealkylation sites (tertiary alicyclic amines) is 1. The molecule has 0 spiro atoms. The topological polar surface area (TPSA) is 192 Å². The number of carbonyl (C=O) groups excluding carboxylic acids is 3. The van der Waals surface area contributed by atoms with Crippen LogP contribution in [0.3, 0.4) is 0 Å². The van der Waals surface area contributed by atoms with Crippen LogP contribution in [0.15, 0.2) is 30.3 Å². The van der Waals surface area contributed by atoms with Gasteiger partial charge in [0, 0.05) is 6.04 Å². The minimum Gasteiger partial charge on any atom is -0.479 e. The number of aliphatic hydroxyl groups excluding tert-OH is 3. The Hall–Kier alpha value is -3.10. The number of rotatable bonds is 11. The normalized spacial score (nSPS) is 32.1. The van der Waals surface area contributed by atoms with E-state index in [9.17, 15) is 39.6 Å². The van der Waals surface area contributed by atoms with E-state index in [1.54, 1.807) is 13.8 Å². The molecule has 2 saturated heterocycles. The van der Waals surface area contributed by atoms with Gasteiger partial charge >= 0.3 is 17.9 Å². The summed E-state index contributed by atoms with van der Waals surface area (Å²) in [4.78, 5) is 52.9. The van der Waals surface area contributed by atoms with Crippen molar-refractivity contribution in [3.05, 3.63) is 35.9 Å². The predicted octanol–water partition coefficient (Wildman–Crippen LogP) is -0.266. The van der Waals surface area contributed by atoms with Gasteiger partial charge < -0.3 is 39.5 Å². The Morgan fingerprint density at radius 3 is 2.45 bits per heavy atom. The average molecular weight is 593 g/mol. The van der Waals surface area contributed by atoms with Crippen molar-refractivity contribution < 1.29 is 53.8 Å². The van der Waals surface area contributed by atoms with E-state index < -0.39 is 72.6 Å². The van der Waals surface area contributed by atoms with Crippen molar-refractivity contribution in [3.8, 4) is 0 Å². The summed E-state index contributed by atoms with van der Waals surface area (Å²) in [7, 11) is 0. The molecule has 0 radical (unpaired) electrons. The molecular formula is C29H40N2O11. The summed E-state index contributed by atoms with van der Waals surface area (Å²) in [5, 5.41) is 42.7. The number of nitrogens with zero attached hydrogens (tertiary/aromatic N) is 1. The fourth-order valence-corrected chi connectivity index (χ4v) is 6.22. The smallest absolute Gasteiger partial charge is 0.335 e. The molecule has 0 bridgehead atoms. The molecule has 1 aromatic rings. The molecular weight excluding hydrogens is 552 g/mol. The lowest BCUT2D eigenvalue weighted by molar-refractivity contribution is -0.287. The van der Waals surface area contributed by atoms with E-state index in [1.807, 2.05) is 30.3 Å². The van der Waals surface area contributed by atoms with E-state index >= 15 is 0 Å². The number of esters is 2. The third kappa shape index (κ3) is 6.92. The number of nitrogens with one attached hydrogen (secondary N) is 1. The van der Waals surface area contributed by atoms with Gasteiger partial charge in [-0.15, -0.1) is 0 Å². The first-order valence-electron chi connectivity index (χ1n) is 14.4. The summed E-state index contributed by atoms with van der Waals surface area (Å²) in [5.41, 5.74) is 1.03. The maximum Gasteiger partial charge on any atom is 0.335 e. The molecule has 13 nitrogen and oxygen atoms in total. The van der Waals surface area contributed by atoms with Crippen LogP contribution in [0.5, 0.6) is 0 Å². The molecule has 5 unspecified atom stereocenters. The van der Waals surface area contributed by atoms with Gasteiger partial charge in [-0.05, 0) is 57.4 Å². The van der Waals surface area contributed by atoms with Crippen LogP contribution in [-0.2, 0) is 39.8 Å². The van der Waals surface area contributed by atoms with Crippen LogP contribution in [-0.4, -0.2) is 111 Å². The number of ether oxygens (including phenoxy) is 3. The quantitative estimate of drug-likeness (QED) is 0.212. The fraction of sp³-hybridized carbons (Fsp3) is 0.655. The highest BCUT2D eigenvalue weighted by Crippen LogP contribution is 2.42. The van der Waals surface area contributed by atoms with Gasteiger partial charge in [-0.25, -0.2) is 9.59 Å². The lowest BCUT2D eigenvalue weighted by atomic mass is 9.99. The van der Waals surface area contributed by atoms with Gasteiger partial charge in [0.1, 0.15) is 30.4 Å². The summed E-state index contributed by atoms with van der Waals surface area (Å²) in [6.07, 6.45) is -5.95. The number of carboxylic acids is 1. The monoisotopic (exact) mass is 592 g/mol. The molecule has 1 aromatic carbocycles. The van der Waals surface area contributed by atoms with Crippen LogP contribution in [0.2, 0.25) is 0 Å². The zero-order valence-corrected chi connectivity index (χ0v) is 23.7. The molecule has 1 saturated carbocycles. The first-order chi connectivity index (χ1) is 20.0. The number of aliphatic carboxylic acids is 1. The molecule has 42 heavy (non-hydrogen) atoms. The standard InChI is InChI=1S/C29H40N2O11/c1-3-40-27(38)18(13-12-16-8-5-4-6-9-16)30-15(2)25(35)31-19-11-7-10-17(19)14-20(31)28(39)42-29-23(34)21(32)22(33)24(41-29)26(36)37/h4-6,8-9,15,17-24,29-30,32-34H,3,7,10-14H2,1-2H3,(H,36,37)/t15-,17-,18-,19-,20-,21?,22?,23?,24?,29?/m1/s1. The highest BCUT2D eigenvalue weighted by atomic mass is 16.7. The van der Waals surface area contributed by atoms with Crippen LogP contribution in [0, 0.1) is 5.92 Å². The van der Waals surface area contributed by atoms with Gasteiger partial charge in [-0.1, -0.05) is 36.8 Å². The zero-order valence-electron chi connectivity index (χ0n) is 23.7. The highest BCUT2D eigenvalue weighted by molar-refractivity contribution is 5.89. The summed E-state index contributed by atoms with van der Waals surface area (Å²) < 4.78 is 15.7. The van der Waals surface area contributed by atoms with Crippen molar-refractivity contribution in [2.75, 3.05) is 6.61 Å². The first kappa shape index (κ1) is 31.8. The van der Waals surface area contributed by atoms with Crippen LogP contribution in [0.4, 0.5) is 0 Å². The first-order valence-corrected chi connectivity index (χ1v) is 14.4. The minimum atomic E-state index is -1.93. The van der Waals surface area contributed by atoms with E-state index in [2.05, 4.69) is 5.32 Å². The molecule has 1 aliphatic carbocycles. The number of amides is 1. The van der Waals surface area contributed by atoms with Crippen molar-refractivity contribution in [2.45, 2.75) is 107 Å². The third-order valence-electron chi connectivity index (χ3n) is 8.37. The number of carbonyl (C=O) groups is 4. The number of aliphatic hydroxyl groups is 3. The Balaban J connectivity index is 1.47. The van der Waals surface area contributed by atoms with Crippen molar-refractivity contribution in [1.29, 1.82) is 0 Å². The molecule has 2 heterocycles. The molecule has 3 aliphatic rings. The molecule has 10 atom stereocenters. The van der Waals surface area contributed by atoms with Crippen molar-refractivity contribution in [3.63, 3.8) is 0 Å². The van der Waals surface area contributed by atoms with Gasteiger partial charge in [-0.2, -0.15) is 0 Å². The third-order valence-corrected chi connectivity index (χ3v) is 8.37. The summed E-state index contributed by atoms with van der Waals surface area (Å²) in [6, 6.07) is 6.67. The average Bonchev–Trinajstić information content (AvgIpc) is 3.57. The van der Waals surface area contributed by atoms with Crippen LogP contribution >= 0.6 is 0 Å². The Bertz CT molecular complexity index is 1120. The van der Waals surface area contributed by atoms with Crippen molar-refractivity contribution in [2.24, 2.45) is 5.92 Å². The zero-order chi connectivity index (χ0) is 30.6. The Morgan fingerprint density at radius 1 is 1.07 bits per heavy atom. The maximum absolute atomic E-state index is 13.9. The molecule has 2 aliphatic heterocycles. The molecule has 4 rings (SSSR count). The number of hydrogen-bond acceptors (Lipinski definition) is 11. The molecule has 5 N–H and O–H groups in total. The number of benzene rings is 1. The van der Waals surface area contributed by atoms with E-state index in [4.69, 9.17) is 14.2 Å². The molecule has 13 heteroatoms. The largest absolute Gasteiger partial charge is 0.479 e. The Morgan fingerprint density at radius 2 is 1.79 bits per heavy atom. The van der Waals surface area contributed by atoms with Crippen molar-refractivity contribution in [1.82, 2.24) is 10.2 Å². The molecule has 3 fully saturated rings. The molecule has 232 valence electrons.